The van der Waals surface area contributed by atoms with E-state index in [4.69, 9.17) is 0 Å². The third kappa shape index (κ3) is 3.28. The maximum absolute atomic E-state index is 12.9. The fourth-order valence-electron chi connectivity index (χ4n) is 2.57. The van der Waals surface area contributed by atoms with Gasteiger partial charge in [0.2, 0.25) is 10.0 Å². The summed E-state index contributed by atoms with van der Waals surface area (Å²) in [4.78, 5) is 11.9. The minimum absolute atomic E-state index is 0.0479. The number of esters is 1. The van der Waals surface area contributed by atoms with Crippen molar-refractivity contribution in [1.82, 2.24) is 9.62 Å². The summed E-state index contributed by atoms with van der Waals surface area (Å²) in [6, 6.07) is 1.41. The molecule has 6 nitrogen and oxygen atoms in total. The number of carbonyl (C=O) groups excluding carboxylic acids is 1. The molecule has 21 heavy (non-hydrogen) atoms. The van der Waals surface area contributed by atoms with E-state index in [0.29, 0.717) is 13.1 Å². The SMILES string of the molecule is CCN(C1CCCNC1)S(=O)(=O)c1ccsc1C(=O)OC. The van der Waals surface area contributed by atoms with Crippen molar-refractivity contribution >= 4 is 27.3 Å². The second kappa shape index (κ2) is 6.87. The summed E-state index contributed by atoms with van der Waals surface area (Å²) in [5.74, 6) is -0.610. The minimum Gasteiger partial charge on any atom is -0.465 e. The zero-order chi connectivity index (χ0) is 15.5. The van der Waals surface area contributed by atoms with Crippen molar-refractivity contribution in [2.75, 3.05) is 26.7 Å². The van der Waals surface area contributed by atoms with Crippen LogP contribution in [0.25, 0.3) is 0 Å². The molecule has 0 bridgehead atoms. The molecule has 1 aliphatic rings. The number of carbonyl (C=O) groups is 1. The van der Waals surface area contributed by atoms with Crippen LogP contribution in [-0.4, -0.2) is 51.5 Å². The maximum Gasteiger partial charge on any atom is 0.349 e. The van der Waals surface area contributed by atoms with E-state index >= 15 is 0 Å². The number of methoxy groups -OCH3 is 1. The highest BCUT2D eigenvalue weighted by atomic mass is 32.2. The number of nitrogens with one attached hydrogen (secondary N) is 1. The highest BCUT2D eigenvalue weighted by Gasteiger charge is 2.34. The number of thiophene rings is 1. The van der Waals surface area contributed by atoms with Gasteiger partial charge in [0.15, 0.2) is 0 Å². The highest BCUT2D eigenvalue weighted by Crippen LogP contribution is 2.28. The predicted molar refractivity (Wildman–Crippen MR) is 81.1 cm³/mol. The predicted octanol–water partition coefficient (Wildman–Crippen LogP) is 1.30. The van der Waals surface area contributed by atoms with Gasteiger partial charge in [0.25, 0.3) is 0 Å². The monoisotopic (exact) mass is 332 g/mol. The van der Waals surface area contributed by atoms with Crippen molar-refractivity contribution in [1.29, 1.82) is 0 Å². The van der Waals surface area contributed by atoms with Crippen LogP contribution in [0.4, 0.5) is 0 Å². The summed E-state index contributed by atoms with van der Waals surface area (Å²) in [5.41, 5.74) is 0. The second-order valence-electron chi connectivity index (χ2n) is 4.81. The molecule has 0 amide bonds. The minimum atomic E-state index is -3.69. The first-order valence-electron chi connectivity index (χ1n) is 6.90. The first-order chi connectivity index (χ1) is 10.0. The Morgan fingerprint density at radius 1 is 1.57 bits per heavy atom. The number of hydrogen-bond donors (Lipinski definition) is 1. The van der Waals surface area contributed by atoms with Crippen LogP contribution in [0.15, 0.2) is 16.3 Å². The fraction of sp³-hybridized carbons (Fsp3) is 0.615. The van der Waals surface area contributed by atoms with Crippen LogP contribution in [0, 0.1) is 0 Å². The maximum atomic E-state index is 12.9. The molecule has 0 aromatic carbocycles. The lowest BCUT2D eigenvalue weighted by Crippen LogP contribution is -2.48. The Labute approximate surface area is 129 Å². The third-order valence-corrected chi connectivity index (χ3v) is 6.67. The molecule has 1 aliphatic heterocycles. The third-order valence-electron chi connectivity index (χ3n) is 3.58. The number of ether oxygens (including phenoxy) is 1. The first kappa shape index (κ1) is 16.4. The molecule has 2 rings (SSSR count). The average Bonchev–Trinajstić information content (AvgIpc) is 2.98. The van der Waals surface area contributed by atoms with Crippen LogP contribution in [0.3, 0.4) is 0 Å². The van der Waals surface area contributed by atoms with Crippen molar-refractivity contribution in [3.05, 3.63) is 16.3 Å². The van der Waals surface area contributed by atoms with Gasteiger partial charge in [0, 0.05) is 19.1 Å². The number of likely N-dealkylation sites (N-methyl/N-ethyl adjacent to an activating group) is 1. The van der Waals surface area contributed by atoms with Gasteiger partial charge in [-0.3, -0.25) is 0 Å². The van der Waals surface area contributed by atoms with Crippen molar-refractivity contribution in [2.24, 2.45) is 0 Å². The Hall–Kier alpha value is -0.960. The molecule has 1 saturated heterocycles. The summed E-state index contributed by atoms with van der Waals surface area (Å²) in [6.45, 7) is 3.76. The topological polar surface area (TPSA) is 75.7 Å². The van der Waals surface area contributed by atoms with E-state index in [1.54, 1.807) is 5.38 Å². The number of nitrogens with zero attached hydrogens (tertiary/aromatic N) is 1. The van der Waals surface area contributed by atoms with Gasteiger partial charge in [0.05, 0.1) is 7.11 Å². The Bertz CT molecular complexity index is 591. The van der Waals surface area contributed by atoms with Crippen molar-refractivity contribution in [3.8, 4) is 0 Å². The molecular weight excluding hydrogens is 312 g/mol. The second-order valence-corrected chi connectivity index (χ2v) is 7.59. The Morgan fingerprint density at radius 2 is 2.33 bits per heavy atom. The van der Waals surface area contributed by atoms with E-state index in [1.165, 1.54) is 17.5 Å². The lowest BCUT2D eigenvalue weighted by atomic mass is 10.1. The molecule has 8 heteroatoms. The standard InChI is InChI=1S/C13H20N2O4S2/c1-3-15(10-5-4-7-14-9-10)21(17,18)11-6-8-20-12(11)13(16)19-2/h6,8,10,14H,3-5,7,9H2,1-2H3. The number of rotatable bonds is 5. The molecule has 0 radical (unpaired) electrons. The van der Waals surface area contributed by atoms with Crippen molar-refractivity contribution in [2.45, 2.75) is 30.7 Å². The van der Waals surface area contributed by atoms with Gasteiger partial charge >= 0.3 is 5.97 Å². The molecule has 1 atom stereocenters. The molecule has 1 unspecified atom stereocenters. The van der Waals surface area contributed by atoms with Gasteiger partial charge in [-0.25, -0.2) is 13.2 Å². The Kier molecular flexibility index (Phi) is 5.37. The first-order valence-corrected chi connectivity index (χ1v) is 9.22. The smallest absolute Gasteiger partial charge is 0.349 e. The van der Waals surface area contributed by atoms with Crippen LogP contribution in [0.2, 0.25) is 0 Å². The molecule has 2 heterocycles. The number of sulfonamides is 1. The summed E-state index contributed by atoms with van der Waals surface area (Å²) in [7, 11) is -2.44. The van der Waals surface area contributed by atoms with E-state index in [9.17, 15) is 13.2 Å². The fourth-order valence-corrected chi connectivity index (χ4v) is 5.55. The van der Waals surface area contributed by atoms with Gasteiger partial charge in [-0.1, -0.05) is 6.92 Å². The molecule has 118 valence electrons. The normalized spacial score (nSPS) is 19.7. The molecule has 1 aromatic heterocycles. The summed E-state index contributed by atoms with van der Waals surface area (Å²) in [5, 5.41) is 4.82. The van der Waals surface area contributed by atoms with E-state index in [-0.39, 0.29) is 15.8 Å². The molecule has 0 saturated carbocycles. The lowest BCUT2D eigenvalue weighted by molar-refractivity contribution is 0.0602. The molecule has 0 aliphatic carbocycles. The highest BCUT2D eigenvalue weighted by molar-refractivity contribution is 7.89. The number of piperidine rings is 1. The van der Waals surface area contributed by atoms with Crippen LogP contribution in [-0.2, 0) is 14.8 Å². The lowest BCUT2D eigenvalue weighted by Gasteiger charge is -2.32. The Balaban J connectivity index is 2.35. The van der Waals surface area contributed by atoms with Crippen LogP contribution in [0.1, 0.15) is 29.4 Å². The molecule has 1 fully saturated rings. The summed E-state index contributed by atoms with van der Waals surface area (Å²) in [6.07, 6.45) is 1.78. The van der Waals surface area contributed by atoms with Crippen molar-refractivity contribution < 1.29 is 17.9 Å². The molecule has 1 aromatic rings. The van der Waals surface area contributed by atoms with E-state index in [2.05, 4.69) is 10.1 Å². The van der Waals surface area contributed by atoms with Gasteiger partial charge in [0.1, 0.15) is 9.77 Å². The van der Waals surface area contributed by atoms with Gasteiger partial charge in [-0.15, -0.1) is 11.3 Å². The summed E-state index contributed by atoms with van der Waals surface area (Å²) < 4.78 is 31.9. The average molecular weight is 332 g/mol. The van der Waals surface area contributed by atoms with Gasteiger partial charge in [-0.05, 0) is 30.8 Å². The van der Waals surface area contributed by atoms with Crippen LogP contribution in [0.5, 0.6) is 0 Å². The van der Waals surface area contributed by atoms with Crippen molar-refractivity contribution in [3.63, 3.8) is 0 Å². The number of hydrogen-bond acceptors (Lipinski definition) is 6. The van der Waals surface area contributed by atoms with Gasteiger partial charge in [-0.2, -0.15) is 4.31 Å². The molecule has 1 N–H and O–H groups in total. The van der Waals surface area contributed by atoms with E-state index in [0.717, 1.165) is 30.7 Å². The quantitative estimate of drug-likeness (QED) is 0.823. The van der Waals surface area contributed by atoms with Crippen LogP contribution < -0.4 is 5.32 Å². The molecule has 0 spiro atoms. The zero-order valence-corrected chi connectivity index (χ0v) is 13.8. The zero-order valence-electron chi connectivity index (χ0n) is 12.2. The van der Waals surface area contributed by atoms with Crippen LogP contribution >= 0.6 is 11.3 Å². The summed E-state index contributed by atoms with van der Waals surface area (Å²) >= 11 is 1.09. The van der Waals surface area contributed by atoms with Gasteiger partial charge < -0.3 is 10.1 Å². The van der Waals surface area contributed by atoms with E-state index < -0.39 is 16.0 Å². The van der Waals surface area contributed by atoms with E-state index in [1.807, 2.05) is 6.92 Å². The largest absolute Gasteiger partial charge is 0.465 e. The Morgan fingerprint density at radius 3 is 2.90 bits per heavy atom. The molecular formula is C13H20N2O4S2.